The van der Waals surface area contributed by atoms with Gasteiger partial charge in [0.1, 0.15) is 18.1 Å². The summed E-state index contributed by atoms with van der Waals surface area (Å²) in [6, 6.07) is 1.13. The second kappa shape index (κ2) is 9.98. The average molecular weight is 574 g/mol. The van der Waals surface area contributed by atoms with Crippen molar-refractivity contribution in [2.24, 2.45) is 28.1 Å². The van der Waals surface area contributed by atoms with E-state index in [0.717, 1.165) is 36.8 Å². The third kappa shape index (κ3) is 5.98. The van der Waals surface area contributed by atoms with Gasteiger partial charge in [-0.05, 0) is 59.0 Å². The van der Waals surface area contributed by atoms with Gasteiger partial charge in [0.2, 0.25) is 21.8 Å². The van der Waals surface area contributed by atoms with Crippen LogP contribution >= 0.6 is 0 Å². The molecule has 2 fully saturated rings. The lowest BCUT2D eigenvalue weighted by Gasteiger charge is -2.37. The number of likely N-dealkylation sites (tertiary alicyclic amines) is 1. The topological polar surface area (TPSA) is 152 Å². The zero-order valence-electron chi connectivity index (χ0n) is 24.8. The van der Waals surface area contributed by atoms with E-state index >= 15 is 0 Å². The molecule has 1 saturated heterocycles. The van der Waals surface area contributed by atoms with E-state index in [1.165, 1.54) is 4.90 Å². The molecule has 2 amide bonds. The van der Waals surface area contributed by atoms with Crippen molar-refractivity contribution in [2.75, 3.05) is 12.8 Å². The van der Waals surface area contributed by atoms with Crippen LogP contribution in [-0.4, -0.2) is 61.0 Å². The number of nitrogens with zero attached hydrogens (tertiary/aromatic N) is 2. The SMILES string of the molecule is CC1(C)CCc2[nH]c(=O)c(CC(C#N)NC(=O)[C@@H]3[C@@H]4[C@H](CN3C(=O)[C@@H](NS(C)(=O)=O)C(C)(C)C)C4(C)C)cc2C1. The highest BCUT2D eigenvalue weighted by Gasteiger charge is 2.69. The molecule has 4 rings (SSSR count). The van der Waals surface area contributed by atoms with Crippen molar-refractivity contribution in [2.45, 2.75) is 92.3 Å². The second-order valence-electron chi connectivity index (χ2n) is 14.4. The summed E-state index contributed by atoms with van der Waals surface area (Å²) >= 11 is 0. The number of nitriles is 1. The van der Waals surface area contributed by atoms with Crippen LogP contribution in [0, 0.1) is 39.4 Å². The molecule has 3 N–H and O–H groups in total. The molecule has 1 unspecified atom stereocenters. The van der Waals surface area contributed by atoms with E-state index in [0.29, 0.717) is 12.1 Å². The molecule has 1 aromatic heterocycles. The summed E-state index contributed by atoms with van der Waals surface area (Å²) < 4.78 is 26.6. The minimum atomic E-state index is -3.69. The fraction of sp³-hybridized carbons (Fsp3) is 0.724. The van der Waals surface area contributed by atoms with Crippen LogP contribution in [0.5, 0.6) is 0 Å². The Bertz CT molecular complexity index is 1420. The number of amides is 2. The van der Waals surface area contributed by atoms with Crippen molar-refractivity contribution in [3.05, 3.63) is 33.2 Å². The van der Waals surface area contributed by atoms with Crippen LogP contribution in [0.1, 0.15) is 71.7 Å². The Hall–Kier alpha value is -2.71. The first-order valence-electron chi connectivity index (χ1n) is 14.0. The van der Waals surface area contributed by atoms with Gasteiger partial charge in [-0.3, -0.25) is 14.4 Å². The van der Waals surface area contributed by atoms with Crippen LogP contribution in [0.15, 0.2) is 10.9 Å². The normalized spacial score (nSPS) is 26.2. The number of rotatable bonds is 7. The molecular formula is C29H43N5O5S. The maximum absolute atomic E-state index is 13.8. The molecule has 2 heterocycles. The van der Waals surface area contributed by atoms with E-state index in [4.69, 9.17) is 0 Å². The number of aryl methyl sites for hydroxylation is 1. The first-order chi connectivity index (χ1) is 18.2. The van der Waals surface area contributed by atoms with Crippen LogP contribution in [0.3, 0.4) is 0 Å². The van der Waals surface area contributed by atoms with Gasteiger partial charge in [-0.15, -0.1) is 0 Å². The van der Waals surface area contributed by atoms with Crippen molar-refractivity contribution in [3.63, 3.8) is 0 Å². The first-order valence-corrected chi connectivity index (χ1v) is 15.9. The Kier molecular flexibility index (Phi) is 7.55. The molecule has 0 aromatic carbocycles. The number of carbonyl (C=O) groups excluding carboxylic acids is 2. The quantitative estimate of drug-likeness (QED) is 0.453. The van der Waals surface area contributed by atoms with Crippen molar-refractivity contribution in [3.8, 4) is 6.07 Å². The van der Waals surface area contributed by atoms with Crippen molar-refractivity contribution in [1.29, 1.82) is 5.26 Å². The monoisotopic (exact) mass is 573 g/mol. The minimum absolute atomic E-state index is 0.0453. The fourth-order valence-corrected chi connectivity index (χ4v) is 7.54. The number of carbonyl (C=O) groups is 2. The largest absolute Gasteiger partial charge is 0.338 e. The zero-order chi connectivity index (χ0) is 30.0. The molecule has 1 aromatic rings. The van der Waals surface area contributed by atoms with Crippen LogP contribution in [0.25, 0.3) is 0 Å². The zero-order valence-corrected chi connectivity index (χ0v) is 25.7. The molecule has 10 nitrogen and oxygen atoms in total. The molecule has 1 aliphatic heterocycles. The van der Waals surface area contributed by atoms with E-state index in [1.807, 2.05) is 6.07 Å². The number of hydrogen-bond acceptors (Lipinski definition) is 6. The number of H-pyrrole nitrogens is 1. The van der Waals surface area contributed by atoms with E-state index in [-0.39, 0.29) is 34.6 Å². The molecule has 5 atom stereocenters. The van der Waals surface area contributed by atoms with Crippen molar-refractivity contribution >= 4 is 21.8 Å². The summed E-state index contributed by atoms with van der Waals surface area (Å²) in [4.78, 5) is 44.8. The summed E-state index contributed by atoms with van der Waals surface area (Å²) in [5.41, 5.74) is 1.41. The summed E-state index contributed by atoms with van der Waals surface area (Å²) in [6.45, 7) is 14.1. The highest BCUT2D eigenvalue weighted by atomic mass is 32.2. The Morgan fingerprint density at radius 2 is 1.90 bits per heavy atom. The number of fused-ring (bicyclic) bond motifs is 2. The number of aromatic amines is 1. The number of piperidine rings is 1. The number of hydrogen-bond donors (Lipinski definition) is 3. The summed E-state index contributed by atoms with van der Waals surface area (Å²) in [5.74, 6) is -0.925. The van der Waals surface area contributed by atoms with Gasteiger partial charge in [0.25, 0.3) is 5.56 Å². The summed E-state index contributed by atoms with van der Waals surface area (Å²) in [5, 5.41) is 12.7. The lowest BCUT2D eigenvalue weighted by Crippen LogP contribution is -2.59. The van der Waals surface area contributed by atoms with Gasteiger partial charge in [-0.1, -0.05) is 48.5 Å². The van der Waals surface area contributed by atoms with Gasteiger partial charge >= 0.3 is 0 Å². The Morgan fingerprint density at radius 3 is 2.48 bits per heavy atom. The molecule has 3 aliphatic rings. The molecule has 40 heavy (non-hydrogen) atoms. The predicted molar refractivity (Wildman–Crippen MR) is 152 cm³/mol. The van der Waals surface area contributed by atoms with Crippen LogP contribution in [0.4, 0.5) is 0 Å². The van der Waals surface area contributed by atoms with Gasteiger partial charge in [0.05, 0.1) is 12.3 Å². The fourth-order valence-electron chi connectivity index (χ4n) is 6.66. The van der Waals surface area contributed by atoms with Gasteiger partial charge in [0.15, 0.2) is 0 Å². The van der Waals surface area contributed by atoms with E-state index in [1.54, 1.807) is 20.8 Å². The smallest absolute Gasteiger partial charge is 0.251 e. The second-order valence-corrected chi connectivity index (χ2v) is 16.2. The molecule has 1 saturated carbocycles. The van der Waals surface area contributed by atoms with E-state index < -0.39 is 45.4 Å². The average Bonchev–Trinajstić information content (AvgIpc) is 3.14. The first kappa shape index (κ1) is 30.3. The molecule has 220 valence electrons. The molecule has 0 bridgehead atoms. The molecule has 0 radical (unpaired) electrons. The van der Waals surface area contributed by atoms with Crippen LogP contribution in [0.2, 0.25) is 0 Å². The maximum Gasteiger partial charge on any atom is 0.251 e. The Labute approximate surface area is 237 Å². The van der Waals surface area contributed by atoms with Gasteiger partial charge in [-0.25, -0.2) is 13.1 Å². The molecular weight excluding hydrogens is 530 g/mol. The van der Waals surface area contributed by atoms with E-state index in [9.17, 15) is 28.1 Å². The van der Waals surface area contributed by atoms with Crippen LogP contribution < -0.4 is 15.6 Å². The number of nitrogens with one attached hydrogen (secondary N) is 3. The summed E-state index contributed by atoms with van der Waals surface area (Å²) in [7, 11) is -3.69. The lowest BCUT2D eigenvalue weighted by atomic mass is 9.75. The molecule has 2 aliphatic carbocycles. The van der Waals surface area contributed by atoms with Gasteiger partial charge in [-0.2, -0.15) is 5.26 Å². The number of aromatic nitrogens is 1. The van der Waals surface area contributed by atoms with Crippen molar-refractivity contribution in [1.82, 2.24) is 19.9 Å². The lowest BCUT2D eigenvalue weighted by molar-refractivity contribution is -0.143. The third-order valence-corrected chi connectivity index (χ3v) is 9.78. The number of pyridine rings is 1. The molecule has 11 heteroatoms. The highest BCUT2D eigenvalue weighted by molar-refractivity contribution is 7.88. The van der Waals surface area contributed by atoms with Crippen molar-refractivity contribution < 1.29 is 18.0 Å². The van der Waals surface area contributed by atoms with Crippen LogP contribution in [-0.2, 0) is 38.9 Å². The Morgan fingerprint density at radius 1 is 1.25 bits per heavy atom. The summed E-state index contributed by atoms with van der Waals surface area (Å²) in [6.07, 6.45) is 3.66. The predicted octanol–water partition coefficient (Wildman–Crippen LogP) is 1.89. The minimum Gasteiger partial charge on any atom is -0.338 e. The molecule has 0 spiro atoms. The maximum atomic E-state index is 13.8. The van der Waals surface area contributed by atoms with E-state index in [2.05, 4.69) is 48.8 Å². The van der Waals surface area contributed by atoms with Gasteiger partial charge in [0, 0.05) is 24.2 Å². The van der Waals surface area contributed by atoms with Gasteiger partial charge < -0.3 is 15.2 Å². The third-order valence-electron chi connectivity index (χ3n) is 9.11. The number of sulfonamides is 1. The standard InChI is InChI=1S/C29H43N5O5S/c1-27(2,3)23(33-40(8,38)39)26(37)34-15-19-21(29(19,6)7)22(34)25(36)31-18(14-30)12-16-11-17-13-28(4,5)10-9-20(17)32-24(16)35/h11,18-19,21-23,33H,9-10,12-13,15H2,1-8H3,(H,31,36)(H,32,35)/t18?,19-,21-,22-,23+/m0/s1. The highest BCUT2D eigenvalue weighted by Crippen LogP contribution is 2.65. The Balaban J connectivity index is 1.56.